The second kappa shape index (κ2) is 6.38. The lowest BCUT2D eigenvalue weighted by atomic mass is 10.1. The molecule has 15 heavy (non-hydrogen) atoms. The molecule has 0 radical (unpaired) electrons. The molecule has 0 aliphatic carbocycles. The third-order valence-corrected chi connectivity index (χ3v) is 2.38. The normalized spacial score (nSPS) is 11.5. The van der Waals surface area contributed by atoms with E-state index in [1.165, 1.54) is 11.6 Å². The van der Waals surface area contributed by atoms with E-state index in [0.29, 0.717) is 17.9 Å². The molecule has 0 spiro atoms. The number of halogens is 1. The molecule has 80 valence electrons. The summed E-state index contributed by atoms with van der Waals surface area (Å²) in [6.45, 7) is 0.706. The minimum Gasteiger partial charge on any atom is -0.384 e. The van der Waals surface area contributed by atoms with Crippen LogP contribution < -0.4 is 0 Å². The zero-order chi connectivity index (χ0) is 11.1. The van der Waals surface area contributed by atoms with E-state index in [4.69, 9.17) is 16.3 Å². The lowest BCUT2D eigenvalue weighted by Crippen LogP contribution is -1.94. The van der Waals surface area contributed by atoms with Gasteiger partial charge in [-0.25, -0.2) is 0 Å². The highest BCUT2D eigenvalue weighted by Crippen LogP contribution is 2.18. The van der Waals surface area contributed by atoms with Crippen LogP contribution in [0.5, 0.6) is 0 Å². The molecule has 0 saturated heterocycles. The predicted molar refractivity (Wildman–Crippen MR) is 61.9 cm³/mol. The van der Waals surface area contributed by atoms with E-state index >= 15 is 0 Å². The van der Waals surface area contributed by atoms with Crippen molar-refractivity contribution in [1.82, 2.24) is 0 Å². The van der Waals surface area contributed by atoms with Gasteiger partial charge in [0.25, 0.3) is 0 Å². The van der Waals surface area contributed by atoms with E-state index < -0.39 is 0 Å². The Hall–Kier alpha value is -1.12. The molecule has 0 bridgehead atoms. The Labute approximate surface area is 94.5 Å². The summed E-state index contributed by atoms with van der Waals surface area (Å²) in [5.41, 5.74) is 2.04. The van der Waals surface area contributed by atoms with E-state index in [-0.39, 0.29) is 0 Å². The summed E-state index contributed by atoms with van der Waals surface area (Å²) in [5, 5.41) is 0.461. The highest BCUT2D eigenvalue weighted by Gasteiger charge is 1.98. The van der Waals surface area contributed by atoms with Crippen molar-refractivity contribution in [2.24, 2.45) is 0 Å². The zero-order valence-electron chi connectivity index (χ0n) is 8.57. The first-order valence-electron chi connectivity index (χ1n) is 4.67. The Morgan fingerprint density at radius 3 is 2.60 bits per heavy atom. The topological polar surface area (TPSA) is 26.3 Å². The summed E-state index contributed by atoms with van der Waals surface area (Å²) in [5.74, 6) is 0. The van der Waals surface area contributed by atoms with Crippen LogP contribution in [-0.2, 0) is 16.0 Å². The lowest BCUT2D eigenvalue weighted by molar-refractivity contribution is -0.104. The third-order valence-electron chi connectivity index (χ3n) is 2.04. The van der Waals surface area contributed by atoms with E-state index in [1.54, 1.807) is 7.11 Å². The fourth-order valence-electron chi connectivity index (χ4n) is 1.21. The molecule has 0 unspecified atom stereocenters. The molecule has 3 heteroatoms. The molecule has 0 fully saturated rings. The Balaban J connectivity index is 2.71. The van der Waals surface area contributed by atoms with Gasteiger partial charge in [-0.05, 0) is 23.6 Å². The highest BCUT2D eigenvalue weighted by molar-refractivity contribution is 6.49. The molecule has 0 heterocycles. The summed E-state index contributed by atoms with van der Waals surface area (Å²) in [6, 6.07) is 7.76. The number of benzene rings is 1. The number of carbonyl (C=O) groups is 1. The molecule has 0 aliphatic rings. The van der Waals surface area contributed by atoms with Crippen LogP contribution in [0.2, 0.25) is 0 Å². The number of ether oxygens (including phenoxy) is 1. The van der Waals surface area contributed by atoms with Crippen LogP contribution in [0.4, 0.5) is 0 Å². The van der Waals surface area contributed by atoms with E-state index in [1.807, 2.05) is 24.3 Å². The molecule has 1 rings (SSSR count). The Kier molecular flexibility index (Phi) is 5.08. The summed E-state index contributed by atoms with van der Waals surface area (Å²) < 4.78 is 4.98. The van der Waals surface area contributed by atoms with Crippen molar-refractivity contribution >= 4 is 22.9 Å². The number of rotatable bonds is 5. The van der Waals surface area contributed by atoms with Gasteiger partial charge in [0.15, 0.2) is 0 Å². The maximum absolute atomic E-state index is 10.2. The van der Waals surface area contributed by atoms with Gasteiger partial charge in [-0.3, -0.25) is 4.79 Å². The molecule has 0 N–H and O–H groups in total. The Morgan fingerprint density at radius 2 is 2.07 bits per heavy atom. The molecule has 1 aromatic carbocycles. The highest BCUT2D eigenvalue weighted by atomic mass is 35.5. The van der Waals surface area contributed by atoms with Gasteiger partial charge >= 0.3 is 0 Å². The minimum absolute atomic E-state index is 0.461. The standard InChI is InChI=1S/C12H13ClO2/c1-15-9-7-10-2-4-11(5-3-10)12(13)6-8-14/h2-6,8H,7,9H2,1H3/b12-6-. The van der Waals surface area contributed by atoms with Crippen LogP contribution in [0, 0.1) is 0 Å². The van der Waals surface area contributed by atoms with Gasteiger partial charge in [-0.2, -0.15) is 0 Å². The smallest absolute Gasteiger partial charge is 0.144 e. The maximum atomic E-state index is 10.2. The fourth-order valence-corrected chi connectivity index (χ4v) is 1.38. The Bertz CT molecular complexity index is 341. The number of methoxy groups -OCH3 is 1. The molecular formula is C12H13ClO2. The first kappa shape index (κ1) is 12.0. The second-order valence-corrected chi connectivity index (χ2v) is 3.50. The van der Waals surface area contributed by atoms with Crippen LogP contribution in [0.15, 0.2) is 30.3 Å². The summed E-state index contributed by atoms with van der Waals surface area (Å²) in [6.07, 6.45) is 2.90. The van der Waals surface area contributed by atoms with Gasteiger partial charge in [0, 0.05) is 7.11 Å². The van der Waals surface area contributed by atoms with Crippen LogP contribution >= 0.6 is 11.6 Å². The molecule has 0 amide bonds. The summed E-state index contributed by atoms with van der Waals surface area (Å²) in [7, 11) is 1.68. The van der Waals surface area contributed by atoms with Gasteiger partial charge in [-0.1, -0.05) is 35.9 Å². The van der Waals surface area contributed by atoms with Crippen molar-refractivity contribution in [3.8, 4) is 0 Å². The predicted octanol–water partition coefficient (Wildman–Crippen LogP) is 2.65. The van der Waals surface area contributed by atoms with Crippen molar-refractivity contribution in [3.63, 3.8) is 0 Å². The van der Waals surface area contributed by atoms with Crippen LogP contribution in [0.1, 0.15) is 11.1 Å². The quantitative estimate of drug-likeness (QED) is 0.568. The molecule has 0 aromatic heterocycles. The monoisotopic (exact) mass is 224 g/mol. The first-order chi connectivity index (χ1) is 7.27. The minimum atomic E-state index is 0.461. The molecule has 2 nitrogen and oxygen atoms in total. The largest absolute Gasteiger partial charge is 0.384 e. The SMILES string of the molecule is COCCc1ccc(/C(Cl)=C/C=O)cc1. The average molecular weight is 225 g/mol. The number of allylic oxidation sites excluding steroid dienone is 1. The summed E-state index contributed by atoms with van der Waals surface area (Å²) >= 11 is 5.87. The van der Waals surface area contributed by atoms with E-state index in [2.05, 4.69) is 0 Å². The molecular weight excluding hydrogens is 212 g/mol. The van der Waals surface area contributed by atoms with Gasteiger partial charge in [0.2, 0.25) is 0 Å². The number of hydrogen-bond donors (Lipinski definition) is 0. The second-order valence-electron chi connectivity index (χ2n) is 3.09. The number of aldehydes is 1. The Morgan fingerprint density at radius 1 is 1.40 bits per heavy atom. The van der Waals surface area contributed by atoms with Gasteiger partial charge in [0.05, 0.1) is 11.6 Å². The lowest BCUT2D eigenvalue weighted by Gasteiger charge is -2.02. The van der Waals surface area contributed by atoms with Crippen molar-refractivity contribution < 1.29 is 9.53 Å². The van der Waals surface area contributed by atoms with Crippen LogP contribution in [0.25, 0.3) is 5.03 Å². The van der Waals surface area contributed by atoms with Crippen LogP contribution in [0.3, 0.4) is 0 Å². The number of carbonyl (C=O) groups excluding carboxylic acids is 1. The number of hydrogen-bond acceptors (Lipinski definition) is 2. The average Bonchev–Trinajstić information content (AvgIpc) is 2.27. The fraction of sp³-hybridized carbons (Fsp3) is 0.250. The van der Waals surface area contributed by atoms with Crippen molar-refractivity contribution in [2.45, 2.75) is 6.42 Å². The molecule has 0 saturated carbocycles. The maximum Gasteiger partial charge on any atom is 0.144 e. The van der Waals surface area contributed by atoms with Gasteiger partial charge in [-0.15, -0.1) is 0 Å². The van der Waals surface area contributed by atoms with Crippen molar-refractivity contribution in [2.75, 3.05) is 13.7 Å². The van der Waals surface area contributed by atoms with Crippen molar-refractivity contribution in [1.29, 1.82) is 0 Å². The molecule has 0 aliphatic heterocycles. The van der Waals surface area contributed by atoms with Gasteiger partial charge < -0.3 is 4.74 Å². The first-order valence-corrected chi connectivity index (χ1v) is 5.05. The third kappa shape index (κ3) is 3.86. The van der Waals surface area contributed by atoms with E-state index in [9.17, 15) is 4.79 Å². The van der Waals surface area contributed by atoms with Gasteiger partial charge in [0.1, 0.15) is 6.29 Å². The molecule has 0 atom stereocenters. The van der Waals surface area contributed by atoms with E-state index in [0.717, 1.165) is 12.0 Å². The molecule has 1 aromatic rings. The summed E-state index contributed by atoms with van der Waals surface area (Å²) in [4.78, 5) is 10.2. The van der Waals surface area contributed by atoms with Crippen LogP contribution in [-0.4, -0.2) is 20.0 Å². The zero-order valence-corrected chi connectivity index (χ0v) is 9.33. The van der Waals surface area contributed by atoms with Crippen molar-refractivity contribution in [3.05, 3.63) is 41.5 Å².